The number of nitrogens with one attached hydrogen (secondary N) is 1. The van der Waals surface area contributed by atoms with E-state index in [1.54, 1.807) is 12.4 Å². The van der Waals surface area contributed by atoms with Gasteiger partial charge in [0.15, 0.2) is 0 Å². The Kier molecular flexibility index (Phi) is 7.20. The number of aryl methyl sites for hydroxylation is 1. The Bertz CT molecular complexity index is 898. The Morgan fingerprint density at radius 3 is 2.61 bits per heavy atom. The molecular weight excluding hydrogens is 416 g/mol. The van der Waals surface area contributed by atoms with Gasteiger partial charge in [0.25, 0.3) is 0 Å². The summed E-state index contributed by atoms with van der Waals surface area (Å²) in [6.07, 6.45) is 4.70. The molecule has 0 fully saturated rings. The highest BCUT2D eigenvalue weighted by molar-refractivity contribution is 9.10. The Hall–Kier alpha value is -2.66. The summed E-state index contributed by atoms with van der Waals surface area (Å²) in [6.45, 7) is 2.47. The van der Waals surface area contributed by atoms with Gasteiger partial charge in [-0.15, -0.1) is 0 Å². The molecule has 4 nitrogen and oxygen atoms in total. The van der Waals surface area contributed by atoms with E-state index < -0.39 is 0 Å². The number of benzene rings is 2. The van der Waals surface area contributed by atoms with Crippen LogP contribution in [0.15, 0.2) is 77.5 Å². The fourth-order valence-electron chi connectivity index (χ4n) is 2.85. The lowest BCUT2D eigenvalue weighted by molar-refractivity contribution is -0.121. The number of amides is 1. The molecule has 1 aromatic heterocycles. The molecular formula is C23H23BrN2O2. The molecule has 0 saturated heterocycles. The monoisotopic (exact) mass is 438 g/mol. The Labute approximate surface area is 174 Å². The first-order valence-electron chi connectivity index (χ1n) is 9.26. The van der Waals surface area contributed by atoms with Crippen LogP contribution in [0.25, 0.3) is 0 Å². The van der Waals surface area contributed by atoms with E-state index in [0.717, 1.165) is 26.9 Å². The molecule has 1 heterocycles. The smallest absolute Gasteiger partial charge is 0.220 e. The van der Waals surface area contributed by atoms with E-state index in [0.29, 0.717) is 19.4 Å². The summed E-state index contributed by atoms with van der Waals surface area (Å²) < 4.78 is 6.81. The summed E-state index contributed by atoms with van der Waals surface area (Å²) in [5.41, 5.74) is 3.21. The molecule has 0 aliphatic rings. The van der Waals surface area contributed by atoms with Crippen LogP contribution in [-0.4, -0.2) is 10.9 Å². The van der Waals surface area contributed by atoms with E-state index >= 15 is 0 Å². The van der Waals surface area contributed by atoms with Crippen LogP contribution in [0.5, 0.6) is 5.75 Å². The normalized spacial score (nSPS) is 11.6. The van der Waals surface area contributed by atoms with Crippen molar-refractivity contribution < 1.29 is 9.53 Å². The molecule has 2 aromatic carbocycles. The molecule has 1 amide bonds. The number of hydrogen-bond acceptors (Lipinski definition) is 3. The van der Waals surface area contributed by atoms with Crippen molar-refractivity contribution in [3.63, 3.8) is 0 Å². The number of aromatic nitrogens is 1. The highest BCUT2D eigenvalue weighted by Gasteiger charge is 2.10. The third-order valence-electron chi connectivity index (χ3n) is 4.47. The second-order valence-electron chi connectivity index (χ2n) is 6.60. The number of pyridine rings is 1. The molecule has 5 heteroatoms. The lowest BCUT2D eigenvalue weighted by Gasteiger charge is -2.15. The van der Waals surface area contributed by atoms with Crippen LogP contribution in [0.3, 0.4) is 0 Å². The quantitative estimate of drug-likeness (QED) is 0.523. The van der Waals surface area contributed by atoms with Gasteiger partial charge in [-0.25, -0.2) is 0 Å². The maximum Gasteiger partial charge on any atom is 0.220 e. The summed E-state index contributed by atoms with van der Waals surface area (Å²) >= 11 is 3.52. The highest BCUT2D eigenvalue weighted by atomic mass is 79.9. The molecule has 1 N–H and O–H groups in total. The van der Waals surface area contributed by atoms with Gasteiger partial charge < -0.3 is 10.1 Å². The van der Waals surface area contributed by atoms with Crippen LogP contribution in [0.2, 0.25) is 0 Å². The zero-order chi connectivity index (χ0) is 19.8. The molecule has 0 aliphatic heterocycles. The fraction of sp³-hybridized carbons (Fsp3) is 0.217. The fourth-order valence-corrected chi connectivity index (χ4v) is 3.33. The molecule has 0 saturated carbocycles. The number of carbonyl (C=O) groups is 1. The first-order valence-corrected chi connectivity index (χ1v) is 10.1. The van der Waals surface area contributed by atoms with E-state index in [4.69, 9.17) is 4.74 Å². The van der Waals surface area contributed by atoms with Crippen molar-refractivity contribution in [1.82, 2.24) is 10.3 Å². The van der Waals surface area contributed by atoms with Crippen molar-refractivity contribution >= 4 is 21.8 Å². The number of hydrogen-bond donors (Lipinski definition) is 1. The topological polar surface area (TPSA) is 51.2 Å². The molecule has 0 radical (unpaired) electrons. The van der Waals surface area contributed by atoms with Gasteiger partial charge in [-0.3, -0.25) is 9.78 Å². The summed E-state index contributed by atoms with van der Waals surface area (Å²) in [5, 5.41) is 3.06. The highest BCUT2D eigenvalue weighted by Crippen LogP contribution is 2.20. The van der Waals surface area contributed by atoms with Gasteiger partial charge in [0.2, 0.25) is 5.91 Å². The van der Waals surface area contributed by atoms with E-state index in [9.17, 15) is 4.79 Å². The minimum Gasteiger partial charge on any atom is -0.489 e. The van der Waals surface area contributed by atoms with Crippen molar-refractivity contribution in [1.29, 1.82) is 0 Å². The maximum atomic E-state index is 12.3. The number of rotatable bonds is 8. The van der Waals surface area contributed by atoms with Crippen molar-refractivity contribution in [3.8, 4) is 5.75 Å². The molecule has 144 valence electrons. The minimum atomic E-state index is -0.0564. The van der Waals surface area contributed by atoms with Crippen LogP contribution in [0.1, 0.15) is 36.1 Å². The number of nitrogens with zero attached hydrogens (tertiary/aromatic N) is 1. The van der Waals surface area contributed by atoms with Crippen LogP contribution >= 0.6 is 15.9 Å². The second-order valence-corrected chi connectivity index (χ2v) is 7.45. The number of carbonyl (C=O) groups excluding carboxylic acids is 1. The van der Waals surface area contributed by atoms with Gasteiger partial charge >= 0.3 is 0 Å². The van der Waals surface area contributed by atoms with Gasteiger partial charge in [-0.05, 0) is 48.7 Å². The molecule has 0 aliphatic carbocycles. The molecule has 1 atom stereocenters. The van der Waals surface area contributed by atoms with E-state index in [1.165, 1.54) is 0 Å². The average molecular weight is 439 g/mol. The van der Waals surface area contributed by atoms with Gasteiger partial charge in [0, 0.05) is 28.9 Å². The van der Waals surface area contributed by atoms with Gasteiger partial charge in [0.05, 0.1) is 6.04 Å². The predicted molar refractivity (Wildman–Crippen MR) is 114 cm³/mol. The lowest BCUT2D eigenvalue weighted by Crippen LogP contribution is -2.26. The van der Waals surface area contributed by atoms with E-state index in [-0.39, 0.29) is 11.9 Å². The van der Waals surface area contributed by atoms with Crippen LogP contribution in [0, 0.1) is 0 Å². The average Bonchev–Trinajstić information content (AvgIpc) is 2.73. The third kappa shape index (κ3) is 5.92. The molecule has 0 spiro atoms. The summed E-state index contributed by atoms with van der Waals surface area (Å²) in [7, 11) is 0. The maximum absolute atomic E-state index is 12.3. The standard InChI is InChI=1S/C23H23BrN2O2/c1-17(26-23(27)13-10-20-6-2-3-7-22(20)24)19-8-11-21(12-9-19)28-16-18-5-4-14-25-15-18/h2-9,11-12,14-15,17H,10,13,16H2,1H3,(H,26,27). The Balaban J connectivity index is 1.48. The first-order chi connectivity index (χ1) is 13.6. The van der Waals surface area contributed by atoms with Crippen molar-refractivity contribution in [3.05, 3.63) is 94.2 Å². The van der Waals surface area contributed by atoms with Crippen molar-refractivity contribution in [2.24, 2.45) is 0 Å². The molecule has 0 bridgehead atoms. The molecule has 1 unspecified atom stereocenters. The predicted octanol–water partition coefficient (Wildman–Crippen LogP) is 5.23. The zero-order valence-corrected chi connectivity index (χ0v) is 17.4. The number of halogens is 1. The number of ether oxygens (including phenoxy) is 1. The van der Waals surface area contributed by atoms with Crippen LogP contribution in [0.4, 0.5) is 0 Å². The molecule has 3 rings (SSSR count). The van der Waals surface area contributed by atoms with Gasteiger partial charge in [-0.1, -0.05) is 52.3 Å². The lowest BCUT2D eigenvalue weighted by atomic mass is 10.1. The Morgan fingerprint density at radius 1 is 1.11 bits per heavy atom. The third-order valence-corrected chi connectivity index (χ3v) is 5.24. The van der Waals surface area contributed by atoms with Gasteiger partial charge in [-0.2, -0.15) is 0 Å². The largest absolute Gasteiger partial charge is 0.489 e. The van der Waals surface area contributed by atoms with E-state index in [2.05, 4.69) is 26.2 Å². The van der Waals surface area contributed by atoms with Crippen LogP contribution in [-0.2, 0) is 17.8 Å². The summed E-state index contributed by atoms with van der Waals surface area (Å²) in [5.74, 6) is 0.834. The summed E-state index contributed by atoms with van der Waals surface area (Å²) in [6, 6.07) is 19.6. The molecule has 3 aromatic rings. The van der Waals surface area contributed by atoms with E-state index in [1.807, 2.05) is 67.6 Å². The van der Waals surface area contributed by atoms with Crippen LogP contribution < -0.4 is 10.1 Å². The SMILES string of the molecule is CC(NC(=O)CCc1ccccc1Br)c1ccc(OCc2cccnc2)cc1. The second kappa shape index (κ2) is 10.0. The van der Waals surface area contributed by atoms with Gasteiger partial charge in [0.1, 0.15) is 12.4 Å². The van der Waals surface area contributed by atoms with Crippen molar-refractivity contribution in [2.75, 3.05) is 0 Å². The first kappa shape index (κ1) is 20.1. The zero-order valence-electron chi connectivity index (χ0n) is 15.8. The Morgan fingerprint density at radius 2 is 1.89 bits per heavy atom. The summed E-state index contributed by atoms with van der Waals surface area (Å²) in [4.78, 5) is 16.4. The molecule has 28 heavy (non-hydrogen) atoms. The van der Waals surface area contributed by atoms with Crippen molar-refractivity contribution in [2.45, 2.75) is 32.4 Å². The minimum absolute atomic E-state index is 0.0418.